The molecule has 14 heavy (non-hydrogen) atoms. The molecule has 0 bridgehead atoms. The van der Waals surface area contributed by atoms with Crippen molar-refractivity contribution in [1.29, 1.82) is 0 Å². The van der Waals surface area contributed by atoms with Crippen LogP contribution in [0.2, 0.25) is 0 Å². The number of nitrogens with zero attached hydrogens (tertiary/aromatic N) is 2. The second-order valence-corrected chi connectivity index (χ2v) is 2.40. The van der Waals surface area contributed by atoms with E-state index in [4.69, 9.17) is 10.5 Å². The van der Waals surface area contributed by atoms with Gasteiger partial charge in [-0.05, 0) is 0 Å². The summed E-state index contributed by atoms with van der Waals surface area (Å²) in [6, 6.07) is 0.283. The highest BCUT2D eigenvalue weighted by molar-refractivity contribution is 5.76. The SMILES string of the molecule is COc1ncc(C#CCC(N)=O)cn1. The number of nitrogens with two attached hydrogens (primary N) is 1. The summed E-state index contributed by atoms with van der Waals surface area (Å²) >= 11 is 0. The Morgan fingerprint density at radius 1 is 1.57 bits per heavy atom. The summed E-state index contributed by atoms with van der Waals surface area (Å²) in [7, 11) is 1.48. The van der Waals surface area contributed by atoms with Crippen molar-refractivity contribution >= 4 is 5.91 Å². The van der Waals surface area contributed by atoms with Crippen molar-refractivity contribution in [3.63, 3.8) is 0 Å². The first-order chi connectivity index (χ1) is 6.72. The van der Waals surface area contributed by atoms with Crippen molar-refractivity contribution in [2.45, 2.75) is 6.42 Å². The van der Waals surface area contributed by atoms with Gasteiger partial charge in [-0.3, -0.25) is 4.79 Å². The van der Waals surface area contributed by atoms with Crippen LogP contribution in [0.4, 0.5) is 0 Å². The average molecular weight is 191 g/mol. The van der Waals surface area contributed by atoms with Gasteiger partial charge in [0.15, 0.2) is 0 Å². The van der Waals surface area contributed by atoms with E-state index >= 15 is 0 Å². The second kappa shape index (κ2) is 4.82. The van der Waals surface area contributed by atoms with Crippen molar-refractivity contribution in [2.75, 3.05) is 7.11 Å². The van der Waals surface area contributed by atoms with Crippen molar-refractivity contribution in [3.8, 4) is 17.9 Å². The summed E-state index contributed by atoms with van der Waals surface area (Å²) in [5.41, 5.74) is 5.53. The Labute approximate surface area is 81.3 Å². The molecule has 72 valence electrons. The van der Waals surface area contributed by atoms with Crippen LogP contribution in [0.5, 0.6) is 6.01 Å². The highest BCUT2D eigenvalue weighted by atomic mass is 16.5. The molecule has 0 spiro atoms. The maximum atomic E-state index is 10.4. The minimum Gasteiger partial charge on any atom is -0.467 e. The molecule has 0 aliphatic rings. The third kappa shape index (κ3) is 3.11. The molecule has 0 aliphatic carbocycles. The zero-order chi connectivity index (χ0) is 10.4. The Morgan fingerprint density at radius 2 is 2.21 bits per heavy atom. The zero-order valence-corrected chi connectivity index (χ0v) is 7.65. The van der Waals surface area contributed by atoms with Gasteiger partial charge in [0.1, 0.15) is 0 Å². The molecule has 2 N–H and O–H groups in total. The number of methoxy groups -OCH3 is 1. The third-order valence-corrected chi connectivity index (χ3v) is 1.31. The van der Waals surface area contributed by atoms with E-state index < -0.39 is 5.91 Å². The van der Waals surface area contributed by atoms with E-state index in [-0.39, 0.29) is 12.4 Å². The number of hydrogen-bond acceptors (Lipinski definition) is 4. The predicted octanol–water partition coefficient (Wildman–Crippen LogP) is -0.288. The number of aromatic nitrogens is 2. The fourth-order valence-electron chi connectivity index (χ4n) is 0.720. The highest BCUT2D eigenvalue weighted by Gasteiger charge is 1.93. The minimum atomic E-state index is -0.452. The monoisotopic (exact) mass is 191 g/mol. The lowest BCUT2D eigenvalue weighted by Gasteiger charge is -1.94. The molecule has 0 aliphatic heterocycles. The van der Waals surface area contributed by atoms with E-state index in [2.05, 4.69) is 21.8 Å². The van der Waals surface area contributed by atoms with Crippen LogP contribution < -0.4 is 10.5 Å². The average Bonchev–Trinajstić information content (AvgIpc) is 2.18. The fraction of sp³-hybridized carbons (Fsp3) is 0.222. The molecule has 0 unspecified atom stereocenters. The summed E-state index contributed by atoms with van der Waals surface area (Å²) in [6.45, 7) is 0. The van der Waals surface area contributed by atoms with Crippen LogP contribution in [-0.2, 0) is 4.79 Å². The van der Waals surface area contributed by atoms with Crippen molar-refractivity contribution in [1.82, 2.24) is 9.97 Å². The number of carbonyl (C=O) groups is 1. The Bertz CT molecular complexity index is 375. The van der Waals surface area contributed by atoms with Gasteiger partial charge in [0, 0.05) is 12.4 Å². The first-order valence-electron chi connectivity index (χ1n) is 3.85. The smallest absolute Gasteiger partial charge is 0.316 e. The maximum absolute atomic E-state index is 10.4. The number of amides is 1. The Kier molecular flexibility index (Phi) is 3.44. The van der Waals surface area contributed by atoms with Crippen LogP contribution in [0, 0.1) is 11.8 Å². The van der Waals surface area contributed by atoms with Crippen LogP contribution in [0.15, 0.2) is 12.4 Å². The highest BCUT2D eigenvalue weighted by Crippen LogP contribution is 1.99. The summed E-state index contributed by atoms with van der Waals surface area (Å²) in [4.78, 5) is 18.0. The van der Waals surface area contributed by atoms with Gasteiger partial charge in [0.2, 0.25) is 5.91 Å². The molecule has 0 atom stereocenters. The van der Waals surface area contributed by atoms with Gasteiger partial charge in [-0.15, -0.1) is 0 Å². The van der Waals surface area contributed by atoms with Crippen LogP contribution >= 0.6 is 0 Å². The maximum Gasteiger partial charge on any atom is 0.316 e. The van der Waals surface area contributed by atoms with Crippen LogP contribution in [0.1, 0.15) is 12.0 Å². The molecule has 0 saturated heterocycles. The lowest BCUT2D eigenvalue weighted by Crippen LogP contribution is -2.08. The summed E-state index contributed by atoms with van der Waals surface area (Å²) < 4.78 is 4.77. The number of carbonyl (C=O) groups excluding carboxylic acids is 1. The first kappa shape index (κ1) is 9.99. The molecular formula is C9H9N3O2. The lowest BCUT2D eigenvalue weighted by molar-refractivity contribution is -0.117. The number of ether oxygens (including phenoxy) is 1. The van der Waals surface area contributed by atoms with Gasteiger partial charge in [0.25, 0.3) is 0 Å². The van der Waals surface area contributed by atoms with Gasteiger partial charge in [0.05, 0.1) is 19.1 Å². The Hall–Kier alpha value is -2.09. The number of primary amides is 1. The van der Waals surface area contributed by atoms with Crippen LogP contribution in [0.25, 0.3) is 0 Å². The molecule has 5 nitrogen and oxygen atoms in total. The van der Waals surface area contributed by atoms with Gasteiger partial charge in [-0.25, -0.2) is 9.97 Å². The molecule has 0 saturated carbocycles. The van der Waals surface area contributed by atoms with Gasteiger partial charge >= 0.3 is 6.01 Å². The fourth-order valence-corrected chi connectivity index (χ4v) is 0.720. The van der Waals surface area contributed by atoms with Gasteiger partial charge in [-0.1, -0.05) is 11.8 Å². The zero-order valence-electron chi connectivity index (χ0n) is 7.65. The summed E-state index contributed by atoms with van der Waals surface area (Å²) in [6.07, 6.45) is 3.06. The molecule has 1 heterocycles. The quantitative estimate of drug-likeness (QED) is 0.651. The topological polar surface area (TPSA) is 78.1 Å². The van der Waals surface area contributed by atoms with Gasteiger partial charge < -0.3 is 10.5 Å². The number of rotatable bonds is 2. The molecule has 0 radical (unpaired) electrons. The molecule has 1 amide bonds. The van der Waals surface area contributed by atoms with Crippen molar-refractivity contribution in [2.24, 2.45) is 5.73 Å². The third-order valence-electron chi connectivity index (χ3n) is 1.31. The van der Waals surface area contributed by atoms with E-state index in [1.165, 1.54) is 19.5 Å². The molecule has 1 aromatic heterocycles. The van der Waals surface area contributed by atoms with Crippen LogP contribution in [0.3, 0.4) is 0 Å². The molecule has 5 heteroatoms. The van der Waals surface area contributed by atoms with E-state index in [1.54, 1.807) is 0 Å². The molecule has 0 aromatic carbocycles. The van der Waals surface area contributed by atoms with E-state index in [0.717, 1.165) is 0 Å². The molecule has 1 aromatic rings. The molecular weight excluding hydrogens is 182 g/mol. The van der Waals surface area contributed by atoms with E-state index in [9.17, 15) is 4.79 Å². The second-order valence-electron chi connectivity index (χ2n) is 2.40. The Morgan fingerprint density at radius 3 is 2.71 bits per heavy atom. The van der Waals surface area contributed by atoms with E-state index in [0.29, 0.717) is 5.56 Å². The van der Waals surface area contributed by atoms with Crippen LogP contribution in [-0.4, -0.2) is 23.0 Å². The standard InChI is InChI=1S/C9H9N3O2/c1-14-9-11-5-7(6-12-9)3-2-4-8(10)13/h5-6H,4H2,1H3,(H2,10,13). The largest absolute Gasteiger partial charge is 0.467 e. The van der Waals surface area contributed by atoms with Crippen molar-refractivity contribution in [3.05, 3.63) is 18.0 Å². The predicted molar refractivity (Wildman–Crippen MR) is 49.3 cm³/mol. The minimum absolute atomic E-state index is 0.0338. The van der Waals surface area contributed by atoms with Crippen molar-refractivity contribution < 1.29 is 9.53 Å². The molecule has 0 fully saturated rings. The Balaban J connectivity index is 2.66. The van der Waals surface area contributed by atoms with E-state index in [1.807, 2.05) is 0 Å². The summed E-state index contributed by atoms with van der Waals surface area (Å²) in [5.74, 6) is 4.84. The summed E-state index contributed by atoms with van der Waals surface area (Å²) in [5, 5.41) is 0. The first-order valence-corrected chi connectivity index (χ1v) is 3.85. The van der Waals surface area contributed by atoms with Gasteiger partial charge in [-0.2, -0.15) is 0 Å². The lowest BCUT2D eigenvalue weighted by atomic mass is 10.3. The number of hydrogen-bond donors (Lipinski definition) is 1. The molecule has 1 rings (SSSR count). The normalized spacial score (nSPS) is 8.64.